The third-order valence-corrected chi connectivity index (χ3v) is 3.99. The molecule has 0 saturated carbocycles. The molecule has 0 radical (unpaired) electrons. The van der Waals surface area contributed by atoms with Crippen LogP contribution in [0.5, 0.6) is 0 Å². The van der Waals surface area contributed by atoms with Crippen molar-refractivity contribution in [2.45, 2.75) is 18.4 Å². The molecule has 20 heavy (non-hydrogen) atoms. The number of nitrogens with zero attached hydrogens (tertiary/aromatic N) is 2. The predicted octanol–water partition coefficient (Wildman–Crippen LogP) is 2.44. The molecule has 0 saturated heterocycles. The fourth-order valence-electron chi connectivity index (χ4n) is 1.95. The first-order valence-electron chi connectivity index (χ1n) is 6.20. The van der Waals surface area contributed by atoms with E-state index in [4.69, 9.17) is 11.5 Å². The Balaban J connectivity index is 2.12. The average Bonchev–Trinajstić information content (AvgIpc) is 2.44. The number of aromatic nitrogens is 2. The topological polar surface area (TPSA) is 77.8 Å². The van der Waals surface area contributed by atoms with Gasteiger partial charge >= 0.3 is 0 Å². The van der Waals surface area contributed by atoms with Crippen LogP contribution in [-0.2, 0) is 12.8 Å². The Kier molecular flexibility index (Phi) is 5.26. The van der Waals surface area contributed by atoms with Gasteiger partial charge in [0.1, 0.15) is 0 Å². The van der Waals surface area contributed by atoms with Crippen LogP contribution in [0.1, 0.15) is 11.4 Å². The number of rotatable bonds is 5. The zero-order valence-electron chi connectivity index (χ0n) is 10.9. The Labute approximate surface area is 135 Å². The minimum Gasteiger partial charge on any atom is -0.329 e. The van der Waals surface area contributed by atoms with E-state index in [1.807, 2.05) is 24.3 Å². The molecule has 0 atom stereocenters. The van der Waals surface area contributed by atoms with Crippen molar-refractivity contribution in [3.8, 4) is 0 Å². The Morgan fingerprint density at radius 1 is 0.900 bits per heavy atom. The first-order chi connectivity index (χ1) is 9.50. The molecule has 0 aromatic carbocycles. The SMILES string of the molecule is NCC(N)(Cc1ccc(Br)cn1)Cc1ccc(Br)cn1. The second-order valence-corrected chi connectivity index (χ2v) is 6.69. The maximum atomic E-state index is 6.41. The van der Waals surface area contributed by atoms with Crippen molar-refractivity contribution in [2.24, 2.45) is 11.5 Å². The second-order valence-electron chi connectivity index (χ2n) is 4.86. The largest absolute Gasteiger partial charge is 0.329 e. The summed E-state index contributed by atoms with van der Waals surface area (Å²) in [6, 6.07) is 7.82. The lowest BCUT2D eigenvalue weighted by Crippen LogP contribution is -2.51. The Bertz CT molecular complexity index is 507. The van der Waals surface area contributed by atoms with Gasteiger partial charge in [0.05, 0.1) is 0 Å². The van der Waals surface area contributed by atoms with E-state index >= 15 is 0 Å². The number of nitrogens with two attached hydrogens (primary N) is 2. The fraction of sp³-hybridized carbons (Fsp3) is 0.286. The van der Waals surface area contributed by atoms with Crippen LogP contribution in [0.2, 0.25) is 0 Å². The van der Waals surface area contributed by atoms with Crippen molar-refractivity contribution in [3.63, 3.8) is 0 Å². The first kappa shape index (κ1) is 15.6. The van der Waals surface area contributed by atoms with Crippen LogP contribution < -0.4 is 11.5 Å². The van der Waals surface area contributed by atoms with Gasteiger partial charge in [0.2, 0.25) is 0 Å². The van der Waals surface area contributed by atoms with Gasteiger partial charge < -0.3 is 11.5 Å². The highest BCUT2D eigenvalue weighted by molar-refractivity contribution is 9.10. The number of pyridine rings is 2. The smallest absolute Gasteiger partial charge is 0.0423 e. The van der Waals surface area contributed by atoms with Crippen LogP contribution in [0.3, 0.4) is 0 Å². The van der Waals surface area contributed by atoms with E-state index in [9.17, 15) is 0 Å². The lowest BCUT2D eigenvalue weighted by atomic mass is 9.89. The predicted molar refractivity (Wildman–Crippen MR) is 87.3 cm³/mol. The molecule has 0 unspecified atom stereocenters. The van der Waals surface area contributed by atoms with Crippen molar-refractivity contribution in [1.29, 1.82) is 0 Å². The molecule has 0 spiro atoms. The standard InChI is InChI=1S/C14H16Br2N4/c15-10-1-3-12(19-7-10)5-14(18,9-17)6-13-4-2-11(16)8-20-13/h1-4,7-8H,5-6,9,17-18H2. The molecule has 2 aromatic heterocycles. The van der Waals surface area contributed by atoms with Crippen LogP contribution in [0, 0.1) is 0 Å². The van der Waals surface area contributed by atoms with E-state index in [-0.39, 0.29) is 0 Å². The number of hydrogen-bond acceptors (Lipinski definition) is 4. The summed E-state index contributed by atoms with van der Waals surface area (Å²) in [6.45, 7) is 0.377. The molecule has 0 amide bonds. The van der Waals surface area contributed by atoms with E-state index in [0.29, 0.717) is 19.4 Å². The summed E-state index contributed by atoms with van der Waals surface area (Å²) in [5.74, 6) is 0. The normalized spacial score (nSPS) is 11.6. The number of halogens is 2. The lowest BCUT2D eigenvalue weighted by molar-refractivity contribution is 0.421. The van der Waals surface area contributed by atoms with Crippen LogP contribution in [0.4, 0.5) is 0 Å². The zero-order valence-corrected chi connectivity index (χ0v) is 14.1. The highest BCUT2D eigenvalue weighted by Gasteiger charge is 2.25. The van der Waals surface area contributed by atoms with E-state index in [1.165, 1.54) is 0 Å². The third-order valence-electron chi connectivity index (χ3n) is 3.05. The molecular formula is C14H16Br2N4. The van der Waals surface area contributed by atoms with Crippen molar-refractivity contribution < 1.29 is 0 Å². The fourth-order valence-corrected chi connectivity index (χ4v) is 2.42. The van der Waals surface area contributed by atoms with Crippen molar-refractivity contribution in [2.75, 3.05) is 6.54 Å². The van der Waals surface area contributed by atoms with Gasteiger partial charge in [-0.05, 0) is 56.1 Å². The summed E-state index contributed by atoms with van der Waals surface area (Å²) in [6.07, 6.45) is 4.78. The highest BCUT2D eigenvalue weighted by atomic mass is 79.9. The molecule has 4 nitrogen and oxygen atoms in total. The maximum Gasteiger partial charge on any atom is 0.0423 e. The van der Waals surface area contributed by atoms with Gasteiger partial charge in [0.15, 0.2) is 0 Å². The Morgan fingerprint density at radius 3 is 1.65 bits per heavy atom. The van der Waals surface area contributed by atoms with Gasteiger partial charge in [-0.25, -0.2) is 0 Å². The summed E-state index contributed by atoms with van der Waals surface area (Å²) in [5, 5.41) is 0. The molecular weight excluding hydrogens is 384 g/mol. The summed E-state index contributed by atoms with van der Waals surface area (Å²) >= 11 is 6.74. The molecule has 6 heteroatoms. The molecule has 0 bridgehead atoms. The van der Waals surface area contributed by atoms with E-state index < -0.39 is 5.54 Å². The van der Waals surface area contributed by atoms with Gasteiger partial charge in [-0.2, -0.15) is 0 Å². The second kappa shape index (κ2) is 6.76. The summed E-state index contributed by atoms with van der Waals surface area (Å²) in [5.41, 5.74) is 13.6. The first-order valence-corrected chi connectivity index (χ1v) is 7.79. The van der Waals surface area contributed by atoms with Gasteiger partial charge in [0.25, 0.3) is 0 Å². The van der Waals surface area contributed by atoms with Crippen molar-refractivity contribution >= 4 is 31.9 Å². The van der Waals surface area contributed by atoms with E-state index in [2.05, 4.69) is 41.8 Å². The van der Waals surface area contributed by atoms with E-state index in [1.54, 1.807) is 12.4 Å². The van der Waals surface area contributed by atoms with E-state index in [0.717, 1.165) is 20.3 Å². The number of hydrogen-bond donors (Lipinski definition) is 2. The Morgan fingerprint density at radius 2 is 1.35 bits per heavy atom. The van der Waals surface area contributed by atoms with Crippen LogP contribution in [0.25, 0.3) is 0 Å². The minimum absolute atomic E-state index is 0.377. The van der Waals surface area contributed by atoms with Gasteiger partial charge in [-0.1, -0.05) is 0 Å². The lowest BCUT2D eigenvalue weighted by Gasteiger charge is -2.27. The zero-order chi connectivity index (χ0) is 14.6. The molecule has 0 aliphatic carbocycles. The molecule has 0 aliphatic heterocycles. The van der Waals surface area contributed by atoms with Gasteiger partial charge in [-0.15, -0.1) is 0 Å². The summed E-state index contributed by atoms with van der Waals surface area (Å²) < 4.78 is 1.90. The highest BCUT2D eigenvalue weighted by Crippen LogP contribution is 2.17. The van der Waals surface area contributed by atoms with Crippen molar-refractivity contribution in [3.05, 3.63) is 57.0 Å². The molecule has 0 fully saturated rings. The minimum atomic E-state index is -0.540. The maximum absolute atomic E-state index is 6.41. The monoisotopic (exact) mass is 398 g/mol. The van der Waals surface area contributed by atoms with Crippen LogP contribution >= 0.6 is 31.9 Å². The van der Waals surface area contributed by atoms with Gasteiger partial charge in [-0.3, -0.25) is 9.97 Å². The molecule has 106 valence electrons. The van der Waals surface area contributed by atoms with Crippen molar-refractivity contribution in [1.82, 2.24) is 9.97 Å². The molecule has 4 N–H and O–H groups in total. The third kappa shape index (κ3) is 4.34. The molecule has 0 aliphatic rings. The summed E-state index contributed by atoms with van der Waals surface area (Å²) in [4.78, 5) is 8.71. The van der Waals surface area contributed by atoms with Crippen LogP contribution in [-0.4, -0.2) is 22.1 Å². The van der Waals surface area contributed by atoms with Crippen LogP contribution in [0.15, 0.2) is 45.6 Å². The summed E-state index contributed by atoms with van der Waals surface area (Å²) in [7, 11) is 0. The molecule has 2 heterocycles. The van der Waals surface area contributed by atoms with Gasteiger partial charge in [0, 0.05) is 57.7 Å². The molecule has 2 aromatic rings. The Hall–Kier alpha value is -0.820. The quantitative estimate of drug-likeness (QED) is 0.809. The average molecular weight is 400 g/mol. The molecule has 2 rings (SSSR count).